The van der Waals surface area contributed by atoms with Gasteiger partial charge in [-0.15, -0.1) is 11.3 Å². The number of fused-ring (bicyclic) bond motifs is 1. The molecule has 2 amide bonds. The van der Waals surface area contributed by atoms with Gasteiger partial charge < -0.3 is 11.1 Å². The van der Waals surface area contributed by atoms with E-state index in [-0.39, 0.29) is 11.3 Å². The molecule has 1 aliphatic carbocycles. The first-order chi connectivity index (χ1) is 12.6. The van der Waals surface area contributed by atoms with E-state index in [9.17, 15) is 9.59 Å². The molecule has 0 unspecified atom stereocenters. The molecule has 0 bridgehead atoms. The number of anilines is 1. The molecule has 2 aromatic rings. The van der Waals surface area contributed by atoms with Crippen LogP contribution in [0.5, 0.6) is 0 Å². The van der Waals surface area contributed by atoms with Gasteiger partial charge in [0.25, 0.3) is 11.8 Å². The van der Waals surface area contributed by atoms with Crippen molar-refractivity contribution in [1.82, 2.24) is 0 Å². The third-order valence-electron chi connectivity index (χ3n) is 5.45. The molecule has 0 fully saturated rings. The maximum Gasteiger partial charge on any atom is 0.256 e. The van der Waals surface area contributed by atoms with Gasteiger partial charge in [0.15, 0.2) is 0 Å². The smallest absolute Gasteiger partial charge is 0.256 e. The molecular formula is C22H28N2O2S. The number of nitrogens with two attached hydrogens (primary N) is 1. The Morgan fingerprint density at radius 3 is 2.33 bits per heavy atom. The lowest BCUT2D eigenvalue weighted by atomic mass is 9.72. The van der Waals surface area contributed by atoms with Crippen molar-refractivity contribution in [3.05, 3.63) is 50.9 Å². The Morgan fingerprint density at radius 2 is 1.78 bits per heavy atom. The van der Waals surface area contributed by atoms with Gasteiger partial charge in [-0.2, -0.15) is 0 Å². The van der Waals surface area contributed by atoms with Crippen molar-refractivity contribution in [3.8, 4) is 0 Å². The SMILES string of the molecule is Cc1cc(C)cc(C(=O)Nc2sc3c(c2C(N)=O)CC[C@H](C(C)(C)C)C3)c1. The number of hydrogen-bond acceptors (Lipinski definition) is 3. The highest BCUT2D eigenvalue weighted by Gasteiger charge is 2.33. The summed E-state index contributed by atoms with van der Waals surface area (Å²) in [5, 5.41) is 3.54. The number of rotatable bonds is 3. The molecule has 0 spiro atoms. The first kappa shape index (κ1) is 19.6. The first-order valence-electron chi connectivity index (χ1n) is 9.40. The molecule has 144 valence electrons. The van der Waals surface area contributed by atoms with Gasteiger partial charge in [-0.05, 0) is 62.1 Å². The van der Waals surface area contributed by atoms with Gasteiger partial charge in [0, 0.05) is 10.4 Å². The van der Waals surface area contributed by atoms with Crippen molar-refractivity contribution in [2.24, 2.45) is 17.1 Å². The summed E-state index contributed by atoms with van der Waals surface area (Å²) in [6.45, 7) is 10.7. The fourth-order valence-electron chi connectivity index (χ4n) is 3.95. The lowest BCUT2D eigenvalue weighted by molar-refractivity contribution is 0.1000. The topological polar surface area (TPSA) is 72.2 Å². The van der Waals surface area contributed by atoms with Crippen LogP contribution in [-0.4, -0.2) is 11.8 Å². The maximum absolute atomic E-state index is 12.8. The monoisotopic (exact) mass is 384 g/mol. The second kappa shape index (κ2) is 7.12. The number of carbonyl (C=O) groups is 2. The zero-order valence-electron chi connectivity index (χ0n) is 16.7. The zero-order valence-corrected chi connectivity index (χ0v) is 17.5. The summed E-state index contributed by atoms with van der Waals surface area (Å²) in [7, 11) is 0. The molecule has 0 saturated carbocycles. The van der Waals surface area contributed by atoms with Crippen LogP contribution in [0.4, 0.5) is 5.00 Å². The van der Waals surface area contributed by atoms with E-state index in [0.29, 0.717) is 22.0 Å². The van der Waals surface area contributed by atoms with Crippen LogP contribution in [0, 0.1) is 25.2 Å². The van der Waals surface area contributed by atoms with Gasteiger partial charge in [0.1, 0.15) is 5.00 Å². The molecule has 1 aromatic carbocycles. The molecule has 4 nitrogen and oxygen atoms in total. The third-order valence-corrected chi connectivity index (χ3v) is 6.62. The number of amides is 2. The van der Waals surface area contributed by atoms with E-state index in [0.717, 1.165) is 36.0 Å². The molecule has 1 heterocycles. The molecule has 1 aliphatic rings. The predicted molar refractivity (Wildman–Crippen MR) is 112 cm³/mol. The number of nitrogens with one attached hydrogen (secondary N) is 1. The van der Waals surface area contributed by atoms with Crippen molar-refractivity contribution in [3.63, 3.8) is 0 Å². The first-order valence-corrected chi connectivity index (χ1v) is 10.2. The van der Waals surface area contributed by atoms with Crippen molar-refractivity contribution >= 4 is 28.2 Å². The normalized spacial score (nSPS) is 16.7. The highest BCUT2D eigenvalue weighted by molar-refractivity contribution is 7.17. The van der Waals surface area contributed by atoms with Crippen LogP contribution in [0.1, 0.15) is 69.5 Å². The Hall–Kier alpha value is -2.14. The molecule has 3 rings (SSSR count). The van der Waals surface area contributed by atoms with Crippen molar-refractivity contribution in [2.45, 2.75) is 53.9 Å². The standard InChI is InChI=1S/C22H28N2O2S/c1-12-8-13(2)10-14(9-12)20(26)24-21-18(19(23)25)16-7-6-15(22(3,4)5)11-17(16)27-21/h8-10,15H,6-7,11H2,1-5H3,(H2,23,25)(H,24,26)/t15-/m0/s1. The molecule has 1 atom stereocenters. The highest BCUT2D eigenvalue weighted by Crippen LogP contribution is 2.44. The Morgan fingerprint density at radius 1 is 1.15 bits per heavy atom. The van der Waals surface area contributed by atoms with Crippen LogP contribution < -0.4 is 11.1 Å². The summed E-state index contributed by atoms with van der Waals surface area (Å²) < 4.78 is 0. The Balaban J connectivity index is 1.93. The fraction of sp³-hybridized carbons (Fsp3) is 0.455. The molecule has 1 aromatic heterocycles. The van der Waals surface area contributed by atoms with Crippen LogP contribution in [0.25, 0.3) is 0 Å². The van der Waals surface area contributed by atoms with Crippen molar-refractivity contribution in [2.75, 3.05) is 5.32 Å². The Kier molecular flexibility index (Phi) is 5.17. The van der Waals surface area contributed by atoms with E-state index >= 15 is 0 Å². The molecule has 27 heavy (non-hydrogen) atoms. The number of hydrogen-bond donors (Lipinski definition) is 2. The summed E-state index contributed by atoms with van der Waals surface area (Å²) in [5.41, 5.74) is 10.1. The Bertz CT molecular complexity index is 886. The summed E-state index contributed by atoms with van der Waals surface area (Å²) in [6, 6.07) is 5.74. The average molecular weight is 385 g/mol. The van der Waals surface area contributed by atoms with Crippen LogP contribution in [-0.2, 0) is 12.8 Å². The second-order valence-electron chi connectivity index (χ2n) is 8.71. The third kappa shape index (κ3) is 4.08. The van der Waals surface area contributed by atoms with Crippen LogP contribution in [0.3, 0.4) is 0 Å². The van der Waals surface area contributed by atoms with E-state index in [2.05, 4.69) is 26.1 Å². The Labute approximate surface area is 165 Å². The molecule has 3 N–H and O–H groups in total. The quantitative estimate of drug-likeness (QED) is 0.792. The summed E-state index contributed by atoms with van der Waals surface area (Å²) >= 11 is 1.51. The van der Waals surface area contributed by atoms with E-state index in [1.54, 1.807) is 0 Å². The number of primary amides is 1. The summed E-state index contributed by atoms with van der Waals surface area (Å²) in [5.74, 6) is -0.0972. The van der Waals surface area contributed by atoms with E-state index < -0.39 is 5.91 Å². The maximum atomic E-state index is 12.8. The second-order valence-corrected chi connectivity index (χ2v) is 9.81. The lowest BCUT2D eigenvalue weighted by Gasteiger charge is -2.33. The minimum atomic E-state index is -0.461. The van der Waals surface area contributed by atoms with Gasteiger partial charge in [0.05, 0.1) is 5.56 Å². The predicted octanol–water partition coefficient (Wildman–Crippen LogP) is 4.87. The number of carbonyl (C=O) groups excluding carboxylic acids is 2. The van der Waals surface area contributed by atoms with Crippen molar-refractivity contribution < 1.29 is 9.59 Å². The van der Waals surface area contributed by atoms with Gasteiger partial charge in [-0.3, -0.25) is 9.59 Å². The van der Waals surface area contributed by atoms with Crippen molar-refractivity contribution in [1.29, 1.82) is 0 Å². The minimum Gasteiger partial charge on any atom is -0.365 e. The fourth-order valence-corrected chi connectivity index (χ4v) is 5.28. The average Bonchev–Trinajstić information content (AvgIpc) is 2.90. The number of benzene rings is 1. The van der Waals surface area contributed by atoms with Gasteiger partial charge in [0.2, 0.25) is 0 Å². The van der Waals surface area contributed by atoms with E-state index in [1.165, 1.54) is 16.2 Å². The zero-order chi connectivity index (χ0) is 19.9. The molecule has 0 radical (unpaired) electrons. The van der Waals surface area contributed by atoms with E-state index in [4.69, 9.17) is 5.73 Å². The van der Waals surface area contributed by atoms with Gasteiger partial charge in [-0.1, -0.05) is 38.0 Å². The largest absolute Gasteiger partial charge is 0.365 e. The minimum absolute atomic E-state index is 0.199. The van der Waals surface area contributed by atoms with Gasteiger partial charge in [-0.25, -0.2) is 0 Å². The molecule has 0 saturated heterocycles. The van der Waals surface area contributed by atoms with Gasteiger partial charge >= 0.3 is 0 Å². The summed E-state index contributed by atoms with van der Waals surface area (Å²) in [4.78, 5) is 26.1. The molecule has 0 aliphatic heterocycles. The highest BCUT2D eigenvalue weighted by atomic mass is 32.1. The molecular weight excluding hydrogens is 356 g/mol. The van der Waals surface area contributed by atoms with E-state index in [1.807, 2.05) is 32.0 Å². The number of thiophene rings is 1. The summed E-state index contributed by atoms with van der Waals surface area (Å²) in [6.07, 6.45) is 2.81. The number of aryl methyl sites for hydroxylation is 2. The van der Waals surface area contributed by atoms with Crippen LogP contribution >= 0.6 is 11.3 Å². The van der Waals surface area contributed by atoms with Crippen LogP contribution in [0.2, 0.25) is 0 Å². The molecule has 5 heteroatoms. The lowest BCUT2D eigenvalue weighted by Crippen LogP contribution is -2.27. The van der Waals surface area contributed by atoms with Crippen LogP contribution in [0.15, 0.2) is 18.2 Å².